The molecule has 0 atom stereocenters. The van der Waals surface area contributed by atoms with Crippen LogP contribution in [-0.4, -0.2) is 11.6 Å². The largest absolute Gasteiger partial charge is 0.373 e. The molecular formula is C6H3Cl2N6O2-. The maximum Gasteiger partial charge on any atom is 0.244 e. The van der Waals surface area contributed by atoms with Gasteiger partial charge in [-0.3, -0.25) is 14.5 Å². The van der Waals surface area contributed by atoms with Gasteiger partial charge in [-0.2, -0.15) is 0 Å². The van der Waals surface area contributed by atoms with Crippen molar-refractivity contribution in [2.24, 2.45) is 0 Å². The second-order valence-corrected chi connectivity index (χ2v) is 2.75. The number of nitrogens with zero attached hydrogens (tertiary/aromatic N) is 5. The maximum atomic E-state index is 10.6. The molecule has 0 aromatic carbocycles. The van der Waals surface area contributed by atoms with E-state index in [0.29, 0.717) is 0 Å². The van der Waals surface area contributed by atoms with Crippen LogP contribution < -0.4 is 0 Å². The van der Waals surface area contributed by atoms with Crippen LogP contribution >= 0.6 is 23.2 Å². The van der Waals surface area contributed by atoms with Crippen molar-refractivity contribution in [3.05, 3.63) is 48.6 Å². The van der Waals surface area contributed by atoms with Gasteiger partial charge in [0.25, 0.3) is 0 Å². The van der Waals surface area contributed by atoms with Gasteiger partial charge in [-0.05, 0) is 16.5 Å². The van der Waals surface area contributed by atoms with Gasteiger partial charge in [0.15, 0.2) is 0 Å². The molecule has 1 aliphatic rings. The molecule has 0 saturated heterocycles. The van der Waals surface area contributed by atoms with Crippen LogP contribution in [0.5, 0.6) is 0 Å². The summed E-state index contributed by atoms with van der Waals surface area (Å²) in [6.45, 7) is 0. The summed E-state index contributed by atoms with van der Waals surface area (Å²) < 4.78 is 0. The molecule has 0 amide bonds. The van der Waals surface area contributed by atoms with E-state index in [1.54, 1.807) is 4.91 Å². The van der Waals surface area contributed by atoms with Gasteiger partial charge in [-0.25, -0.2) is 0 Å². The van der Waals surface area contributed by atoms with Crippen molar-refractivity contribution in [2.75, 3.05) is 0 Å². The van der Waals surface area contributed by atoms with Crippen LogP contribution in [0.25, 0.3) is 26.4 Å². The molecule has 0 aromatic heterocycles. The number of carbonyl (C=O) groups excluding carboxylic acids is 2. The normalized spacial score (nSPS) is 12.6. The second-order valence-electron chi connectivity index (χ2n) is 1.90. The maximum absolute atomic E-state index is 10.6. The minimum absolute atomic E-state index is 0.127. The first-order chi connectivity index (χ1) is 7.44. The van der Waals surface area contributed by atoms with Crippen LogP contribution in [0.1, 0.15) is 0 Å². The van der Waals surface area contributed by atoms with Crippen molar-refractivity contribution >= 4 is 34.8 Å². The highest BCUT2D eigenvalue weighted by Gasteiger charge is 2.19. The van der Waals surface area contributed by atoms with E-state index < -0.39 is 11.6 Å². The minimum atomic E-state index is -0.703. The van der Waals surface area contributed by atoms with Gasteiger partial charge in [-0.1, -0.05) is 23.2 Å². The zero-order valence-corrected chi connectivity index (χ0v) is 8.98. The summed E-state index contributed by atoms with van der Waals surface area (Å²) in [5.41, 5.74) is 25.8. The Morgan fingerprint density at radius 3 is 1.81 bits per heavy atom. The van der Waals surface area contributed by atoms with E-state index in [1.165, 1.54) is 11.0 Å². The molecule has 8 nitrogen and oxygen atoms in total. The SMILES string of the molecule is O=C1C=C(Cl)C=C(Cl)C1=O.[N-]=[N+]=N.[N-]=[N+]=[N-]. The molecule has 0 radical (unpaired) electrons. The summed E-state index contributed by atoms with van der Waals surface area (Å²) in [5, 5.41) is 0.0621. The summed E-state index contributed by atoms with van der Waals surface area (Å²) in [6.07, 6.45) is 2.28. The van der Waals surface area contributed by atoms with Gasteiger partial charge in [0.05, 0.1) is 5.03 Å². The van der Waals surface area contributed by atoms with Crippen LogP contribution in [0, 0.1) is 5.53 Å². The van der Waals surface area contributed by atoms with Crippen LogP contribution in [0.4, 0.5) is 0 Å². The highest BCUT2D eigenvalue weighted by molar-refractivity contribution is 6.62. The molecule has 0 unspecified atom stereocenters. The summed E-state index contributed by atoms with van der Waals surface area (Å²) in [4.78, 5) is 24.4. The number of Topliss-reactive ketones (excluding diaryl/α,β-unsaturated/α-hetero) is 1. The Kier molecular flexibility index (Phi) is 9.84. The summed E-state index contributed by atoms with van der Waals surface area (Å²) in [7, 11) is 0. The topological polar surface area (TPSA) is 153 Å². The number of halogens is 2. The van der Waals surface area contributed by atoms with E-state index in [1.807, 2.05) is 0 Å². The van der Waals surface area contributed by atoms with E-state index in [-0.39, 0.29) is 10.1 Å². The molecule has 1 aliphatic carbocycles. The molecule has 84 valence electrons. The Labute approximate surface area is 99.0 Å². The van der Waals surface area contributed by atoms with E-state index in [2.05, 4.69) is 0 Å². The third-order valence-electron chi connectivity index (χ3n) is 0.974. The standard InChI is InChI=1S/C6H2Cl2O2.HN3.N3/c7-3-1-4(8)6(10)5(9)2-3;2*1-3-2/h1-2H;1H;/q;;-1. The molecule has 10 heteroatoms. The van der Waals surface area contributed by atoms with Crippen molar-refractivity contribution in [2.45, 2.75) is 0 Å². The molecule has 0 saturated carbocycles. The molecule has 0 spiro atoms. The third kappa shape index (κ3) is 7.43. The number of hydrogen-bond donors (Lipinski definition) is 1. The number of carbonyl (C=O) groups is 2. The van der Waals surface area contributed by atoms with Crippen molar-refractivity contribution in [3.63, 3.8) is 0 Å². The van der Waals surface area contributed by atoms with Crippen LogP contribution in [-0.2, 0) is 9.59 Å². The highest BCUT2D eigenvalue weighted by atomic mass is 35.5. The Hall–Kier alpha value is -1.98. The minimum Gasteiger partial charge on any atom is -0.373 e. The lowest BCUT2D eigenvalue weighted by molar-refractivity contribution is -0.131. The Bertz CT molecular complexity index is 400. The molecule has 0 bridgehead atoms. The van der Waals surface area contributed by atoms with Gasteiger partial charge in [0.2, 0.25) is 11.6 Å². The summed E-state index contributed by atoms with van der Waals surface area (Å²) in [5.74, 6) is -1.37. The van der Waals surface area contributed by atoms with Crippen molar-refractivity contribution < 1.29 is 9.59 Å². The number of hydrogen-bond acceptors (Lipinski definition) is 3. The number of nitrogens with one attached hydrogen (secondary N) is 1. The first-order valence-corrected chi connectivity index (χ1v) is 4.02. The zero-order chi connectivity index (χ0) is 13.1. The van der Waals surface area contributed by atoms with Gasteiger partial charge >= 0.3 is 0 Å². The first kappa shape index (κ1) is 16.4. The lowest BCUT2D eigenvalue weighted by Gasteiger charge is -1.99. The summed E-state index contributed by atoms with van der Waals surface area (Å²) >= 11 is 10.7. The van der Waals surface area contributed by atoms with E-state index in [0.717, 1.165) is 6.08 Å². The van der Waals surface area contributed by atoms with Gasteiger partial charge in [0.1, 0.15) is 0 Å². The van der Waals surface area contributed by atoms with E-state index in [9.17, 15) is 9.59 Å². The first-order valence-electron chi connectivity index (χ1n) is 3.26. The predicted molar refractivity (Wildman–Crippen MR) is 57.4 cm³/mol. The number of rotatable bonds is 0. The quantitative estimate of drug-likeness (QED) is 0.234. The third-order valence-corrected chi connectivity index (χ3v) is 1.47. The van der Waals surface area contributed by atoms with E-state index in [4.69, 9.17) is 45.3 Å². The van der Waals surface area contributed by atoms with Crippen molar-refractivity contribution in [1.29, 1.82) is 5.53 Å². The molecule has 0 heterocycles. The molecule has 1 rings (SSSR count). The molecule has 0 aromatic rings. The molecule has 16 heavy (non-hydrogen) atoms. The monoisotopic (exact) mass is 261 g/mol. The average molecular weight is 262 g/mol. The fourth-order valence-electron chi connectivity index (χ4n) is 0.537. The van der Waals surface area contributed by atoms with E-state index >= 15 is 0 Å². The molecule has 0 aliphatic heterocycles. The molecule has 0 fully saturated rings. The Morgan fingerprint density at radius 2 is 1.50 bits per heavy atom. The predicted octanol–water partition coefficient (Wildman–Crippen LogP) is 3.13. The lowest BCUT2D eigenvalue weighted by atomic mass is 10.1. The lowest BCUT2D eigenvalue weighted by Crippen LogP contribution is -2.14. The number of allylic oxidation sites excluding steroid dienone is 4. The Morgan fingerprint density at radius 1 is 1.12 bits per heavy atom. The van der Waals surface area contributed by atoms with Gasteiger partial charge in [0, 0.05) is 11.1 Å². The smallest absolute Gasteiger partial charge is 0.244 e. The highest BCUT2D eigenvalue weighted by Crippen LogP contribution is 2.17. The Balaban J connectivity index is 0. The zero-order valence-electron chi connectivity index (χ0n) is 7.46. The average Bonchev–Trinajstić information content (AvgIpc) is 2.16. The molecular weight excluding hydrogens is 259 g/mol. The van der Waals surface area contributed by atoms with Crippen molar-refractivity contribution in [3.8, 4) is 0 Å². The fraction of sp³-hybridized carbons (Fsp3) is 0. The summed E-state index contributed by atoms with van der Waals surface area (Å²) in [6, 6.07) is 0. The molecule has 1 N–H and O–H groups in total. The second kappa shape index (κ2) is 9.57. The number of ketones is 2. The van der Waals surface area contributed by atoms with Crippen LogP contribution in [0.3, 0.4) is 0 Å². The van der Waals surface area contributed by atoms with Crippen molar-refractivity contribution in [1.82, 2.24) is 0 Å². The van der Waals surface area contributed by atoms with Crippen LogP contribution in [0.2, 0.25) is 0 Å². The fourth-order valence-corrected chi connectivity index (χ4v) is 1.01. The van der Waals surface area contributed by atoms with Crippen LogP contribution in [0.15, 0.2) is 22.2 Å². The van der Waals surface area contributed by atoms with Gasteiger partial charge in [-0.15, -0.1) is 5.53 Å². The van der Waals surface area contributed by atoms with Gasteiger partial charge < -0.3 is 11.1 Å².